The molecule has 2 nitrogen and oxygen atoms in total. The molecule has 1 fully saturated rings. The lowest BCUT2D eigenvalue weighted by atomic mass is 9.90. The molecule has 1 rings (SSSR count). The third kappa shape index (κ3) is 1.61. The summed E-state index contributed by atoms with van der Waals surface area (Å²) in [6.07, 6.45) is 7.34. The molecule has 0 heterocycles. The molecule has 1 aliphatic rings. The highest BCUT2D eigenvalue weighted by Gasteiger charge is 2.43. The van der Waals surface area contributed by atoms with E-state index in [1.165, 1.54) is 0 Å². The van der Waals surface area contributed by atoms with E-state index in [1.807, 2.05) is 0 Å². The van der Waals surface area contributed by atoms with Gasteiger partial charge in [-0.1, -0.05) is 5.92 Å². The van der Waals surface area contributed by atoms with Gasteiger partial charge in [0.15, 0.2) is 5.78 Å². The average Bonchev–Trinajstić information content (AvgIpc) is 2.68. The van der Waals surface area contributed by atoms with Crippen LogP contribution in [0, 0.1) is 18.3 Å². The van der Waals surface area contributed by atoms with Gasteiger partial charge in [-0.15, -0.1) is 6.42 Å². The molecule has 0 aliphatic heterocycles. The van der Waals surface area contributed by atoms with E-state index in [0.29, 0.717) is 5.92 Å². The zero-order chi connectivity index (χ0) is 8.48. The SMILES string of the molecule is C#CCC(=O)C(C)(N)C1CC1. The van der Waals surface area contributed by atoms with Crippen LogP contribution in [0.25, 0.3) is 0 Å². The van der Waals surface area contributed by atoms with Crippen LogP contribution in [0.3, 0.4) is 0 Å². The molecule has 1 atom stereocenters. The minimum Gasteiger partial charge on any atom is -0.319 e. The van der Waals surface area contributed by atoms with E-state index in [4.69, 9.17) is 12.2 Å². The standard InChI is InChI=1S/C9H13NO/c1-3-4-8(11)9(2,10)7-5-6-7/h1,7H,4-6,10H2,2H3. The molecule has 0 aromatic heterocycles. The molecule has 60 valence electrons. The highest BCUT2D eigenvalue weighted by Crippen LogP contribution is 2.38. The van der Waals surface area contributed by atoms with Crippen LogP contribution in [0.15, 0.2) is 0 Å². The van der Waals surface area contributed by atoms with Crippen LogP contribution in [0.5, 0.6) is 0 Å². The van der Waals surface area contributed by atoms with Crippen LogP contribution in [0.1, 0.15) is 26.2 Å². The summed E-state index contributed by atoms with van der Waals surface area (Å²) in [5.74, 6) is 2.71. The maximum atomic E-state index is 11.3. The second-order valence-electron chi connectivity index (χ2n) is 3.36. The molecule has 2 N–H and O–H groups in total. The van der Waals surface area contributed by atoms with Crippen LogP contribution in [0.2, 0.25) is 0 Å². The van der Waals surface area contributed by atoms with Crippen molar-refractivity contribution in [3.8, 4) is 12.3 Å². The number of nitrogens with two attached hydrogens (primary N) is 1. The number of Topliss-reactive ketones (excluding diaryl/α,β-unsaturated/α-hetero) is 1. The first kappa shape index (κ1) is 8.29. The van der Waals surface area contributed by atoms with E-state index in [9.17, 15) is 4.79 Å². The molecule has 1 saturated carbocycles. The van der Waals surface area contributed by atoms with Gasteiger partial charge in [-0.2, -0.15) is 0 Å². The lowest BCUT2D eigenvalue weighted by molar-refractivity contribution is -0.123. The van der Waals surface area contributed by atoms with Crippen molar-refractivity contribution in [3.05, 3.63) is 0 Å². The Bertz CT molecular complexity index is 208. The van der Waals surface area contributed by atoms with Gasteiger partial charge in [-0.25, -0.2) is 0 Å². The highest BCUT2D eigenvalue weighted by molar-refractivity contribution is 5.90. The number of rotatable bonds is 3. The minimum atomic E-state index is -0.660. The van der Waals surface area contributed by atoms with Crippen molar-refractivity contribution in [2.24, 2.45) is 11.7 Å². The molecule has 0 saturated heterocycles. The largest absolute Gasteiger partial charge is 0.319 e. The van der Waals surface area contributed by atoms with Crippen molar-refractivity contribution >= 4 is 5.78 Å². The summed E-state index contributed by atoms with van der Waals surface area (Å²) >= 11 is 0. The Kier molecular flexibility index (Phi) is 2.01. The van der Waals surface area contributed by atoms with Crippen molar-refractivity contribution < 1.29 is 4.79 Å². The summed E-state index contributed by atoms with van der Waals surface area (Å²) in [4.78, 5) is 11.3. The van der Waals surface area contributed by atoms with Gasteiger partial charge in [0.1, 0.15) is 0 Å². The molecular formula is C9H13NO. The number of ketones is 1. The Hall–Kier alpha value is -0.810. The molecule has 0 amide bonds. The molecule has 0 radical (unpaired) electrons. The Balaban J connectivity index is 2.56. The van der Waals surface area contributed by atoms with E-state index >= 15 is 0 Å². The summed E-state index contributed by atoms with van der Waals surface area (Å²) in [7, 11) is 0. The summed E-state index contributed by atoms with van der Waals surface area (Å²) in [5, 5.41) is 0. The molecule has 0 aromatic carbocycles. The average molecular weight is 151 g/mol. The second kappa shape index (κ2) is 2.67. The fourth-order valence-corrected chi connectivity index (χ4v) is 1.19. The second-order valence-corrected chi connectivity index (χ2v) is 3.36. The predicted molar refractivity (Wildman–Crippen MR) is 43.8 cm³/mol. The van der Waals surface area contributed by atoms with Crippen molar-refractivity contribution in [2.75, 3.05) is 0 Å². The first-order chi connectivity index (χ1) is 5.09. The van der Waals surface area contributed by atoms with Crippen LogP contribution >= 0.6 is 0 Å². The van der Waals surface area contributed by atoms with Gasteiger partial charge < -0.3 is 5.73 Å². The number of hydrogen-bond donors (Lipinski definition) is 1. The Morgan fingerprint density at radius 1 is 1.82 bits per heavy atom. The van der Waals surface area contributed by atoms with Gasteiger partial charge in [-0.3, -0.25) is 4.79 Å². The maximum Gasteiger partial charge on any atom is 0.164 e. The summed E-state index contributed by atoms with van der Waals surface area (Å²) in [6, 6.07) is 0. The van der Waals surface area contributed by atoms with Gasteiger partial charge >= 0.3 is 0 Å². The fraction of sp³-hybridized carbons (Fsp3) is 0.667. The van der Waals surface area contributed by atoms with Crippen LogP contribution in [-0.4, -0.2) is 11.3 Å². The van der Waals surface area contributed by atoms with E-state index in [2.05, 4.69) is 5.92 Å². The minimum absolute atomic E-state index is 0.00231. The van der Waals surface area contributed by atoms with Crippen molar-refractivity contribution in [2.45, 2.75) is 31.7 Å². The highest BCUT2D eigenvalue weighted by atomic mass is 16.1. The summed E-state index contributed by atoms with van der Waals surface area (Å²) in [6.45, 7) is 1.78. The zero-order valence-electron chi connectivity index (χ0n) is 6.76. The van der Waals surface area contributed by atoms with Gasteiger partial charge in [0.05, 0.1) is 12.0 Å². The summed E-state index contributed by atoms with van der Waals surface area (Å²) < 4.78 is 0. The van der Waals surface area contributed by atoms with E-state index in [-0.39, 0.29) is 12.2 Å². The topological polar surface area (TPSA) is 43.1 Å². The summed E-state index contributed by atoms with van der Waals surface area (Å²) in [5.41, 5.74) is 5.15. The molecule has 0 aromatic rings. The number of hydrogen-bond acceptors (Lipinski definition) is 2. The Morgan fingerprint density at radius 3 is 2.73 bits per heavy atom. The predicted octanol–water partition coefficient (Wildman–Crippen LogP) is 0.706. The van der Waals surface area contributed by atoms with Gasteiger partial charge in [0.2, 0.25) is 0 Å². The molecular weight excluding hydrogens is 138 g/mol. The van der Waals surface area contributed by atoms with Crippen molar-refractivity contribution in [1.82, 2.24) is 0 Å². The Labute approximate surface area is 67.2 Å². The van der Waals surface area contributed by atoms with E-state index in [0.717, 1.165) is 12.8 Å². The van der Waals surface area contributed by atoms with Crippen molar-refractivity contribution in [3.63, 3.8) is 0 Å². The Morgan fingerprint density at radius 2 is 2.36 bits per heavy atom. The first-order valence-electron chi connectivity index (χ1n) is 3.84. The van der Waals surface area contributed by atoms with Crippen LogP contribution in [-0.2, 0) is 4.79 Å². The number of carbonyl (C=O) groups is 1. The maximum absolute atomic E-state index is 11.3. The quantitative estimate of drug-likeness (QED) is 0.603. The smallest absolute Gasteiger partial charge is 0.164 e. The third-order valence-electron chi connectivity index (χ3n) is 2.29. The molecule has 2 heteroatoms. The monoisotopic (exact) mass is 151 g/mol. The molecule has 1 aliphatic carbocycles. The normalized spacial score (nSPS) is 21.9. The number of carbonyl (C=O) groups excluding carboxylic acids is 1. The first-order valence-corrected chi connectivity index (χ1v) is 3.84. The molecule has 11 heavy (non-hydrogen) atoms. The van der Waals surface area contributed by atoms with Gasteiger partial charge in [0, 0.05) is 0 Å². The lowest BCUT2D eigenvalue weighted by Crippen LogP contribution is -2.46. The zero-order valence-corrected chi connectivity index (χ0v) is 6.76. The molecule has 0 spiro atoms. The van der Waals surface area contributed by atoms with Crippen molar-refractivity contribution in [1.29, 1.82) is 0 Å². The molecule has 0 bridgehead atoms. The lowest BCUT2D eigenvalue weighted by Gasteiger charge is -2.21. The van der Waals surface area contributed by atoms with Gasteiger partial charge in [0.25, 0.3) is 0 Å². The third-order valence-corrected chi connectivity index (χ3v) is 2.29. The molecule has 1 unspecified atom stereocenters. The fourth-order valence-electron chi connectivity index (χ4n) is 1.19. The van der Waals surface area contributed by atoms with Crippen LogP contribution in [0.4, 0.5) is 0 Å². The van der Waals surface area contributed by atoms with Gasteiger partial charge in [-0.05, 0) is 25.7 Å². The number of terminal acetylenes is 1. The van der Waals surface area contributed by atoms with E-state index in [1.54, 1.807) is 6.92 Å². The van der Waals surface area contributed by atoms with E-state index < -0.39 is 5.54 Å². The van der Waals surface area contributed by atoms with Crippen LogP contribution < -0.4 is 5.73 Å².